The Balaban J connectivity index is 3.27. The first kappa shape index (κ1) is 29.6. The number of nitrogens with zero attached hydrogens (tertiary/aromatic N) is 1. The van der Waals surface area contributed by atoms with E-state index in [9.17, 15) is 29.4 Å². The number of hydrogen-bond donors (Lipinski definition) is 3. The molecular formula is C25H38N2O7. The summed E-state index contributed by atoms with van der Waals surface area (Å²) in [5.74, 6) is -4.50. The number of carbonyl (C=O) groups excluding carboxylic acids is 4. The molecule has 0 fully saturated rings. The molecule has 0 saturated carbocycles. The van der Waals surface area contributed by atoms with Crippen LogP contribution in [-0.2, 0) is 30.5 Å². The predicted molar refractivity (Wildman–Crippen MR) is 127 cm³/mol. The fraction of sp³-hybridized carbons (Fsp3) is 0.600. The Bertz CT molecular complexity index is 892. The minimum atomic E-state index is -3.05. The lowest BCUT2D eigenvalue weighted by Gasteiger charge is -2.35. The highest BCUT2D eigenvalue weighted by Gasteiger charge is 2.58. The first-order valence-corrected chi connectivity index (χ1v) is 11.2. The number of esters is 1. The number of likely N-dealkylation sites (N-methyl/N-ethyl adjacent to an activating group) is 2. The summed E-state index contributed by atoms with van der Waals surface area (Å²) in [6, 6.07) is 7.54. The van der Waals surface area contributed by atoms with Gasteiger partial charge in [-0.15, -0.1) is 0 Å². The molecule has 0 aliphatic rings. The van der Waals surface area contributed by atoms with E-state index in [1.807, 2.05) is 30.3 Å². The van der Waals surface area contributed by atoms with Gasteiger partial charge in [0.05, 0.1) is 18.5 Å². The molecule has 1 aromatic rings. The van der Waals surface area contributed by atoms with E-state index in [2.05, 4.69) is 5.32 Å². The predicted octanol–water partition coefficient (Wildman–Crippen LogP) is 1.04. The average molecular weight is 479 g/mol. The number of nitrogens with one attached hydrogen (secondary N) is 1. The van der Waals surface area contributed by atoms with Crippen LogP contribution in [0, 0.1) is 0 Å². The summed E-state index contributed by atoms with van der Waals surface area (Å²) in [4.78, 5) is 53.6. The monoisotopic (exact) mass is 478 g/mol. The second-order valence-electron chi connectivity index (χ2n) is 9.86. The van der Waals surface area contributed by atoms with Gasteiger partial charge in [0.2, 0.25) is 11.4 Å². The molecule has 2 unspecified atom stereocenters. The molecule has 0 spiro atoms. The van der Waals surface area contributed by atoms with Gasteiger partial charge in [0.15, 0.2) is 17.2 Å². The number of hydrogen-bond acceptors (Lipinski definition) is 9. The van der Waals surface area contributed by atoms with E-state index >= 15 is 0 Å². The van der Waals surface area contributed by atoms with Crippen LogP contribution in [0.4, 0.5) is 0 Å². The zero-order valence-corrected chi connectivity index (χ0v) is 21.3. The van der Waals surface area contributed by atoms with Gasteiger partial charge in [-0.3, -0.25) is 19.3 Å². The summed E-state index contributed by atoms with van der Waals surface area (Å²) in [6.45, 7) is 8.85. The van der Waals surface area contributed by atoms with Gasteiger partial charge < -0.3 is 20.3 Å². The van der Waals surface area contributed by atoms with Crippen molar-refractivity contribution < 1.29 is 34.1 Å². The molecule has 0 amide bonds. The molecule has 0 aromatic heterocycles. The van der Waals surface area contributed by atoms with Crippen molar-refractivity contribution in [3.63, 3.8) is 0 Å². The van der Waals surface area contributed by atoms with E-state index < -0.39 is 58.6 Å². The number of rotatable bonds is 12. The molecule has 0 aliphatic heterocycles. The summed E-state index contributed by atoms with van der Waals surface area (Å²) in [6.07, 6.45) is -0.958. The minimum absolute atomic E-state index is 0.354. The highest BCUT2D eigenvalue weighted by molar-refractivity contribution is 6.22. The molecule has 4 atom stereocenters. The van der Waals surface area contributed by atoms with Crippen LogP contribution >= 0.6 is 0 Å². The molecule has 34 heavy (non-hydrogen) atoms. The maximum Gasteiger partial charge on any atom is 0.347 e. The number of benzene rings is 1. The van der Waals surface area contributed by atoms with E-state index in [0.717, 1.165) is 12.5 Å². The van der Waals surface area contributed by atoms with Crippen LogP contribution in [0.2, 0.25) is 0 Å². The van der Waals surface area contributed by atoms with Gasteiger partial charge in [0.1, 0.15) is 5.60 Å². The Morgan fingerprint density at radius 1 is 1.03 bits per heavy atom. The summed E-state index contributed by atoms with van der Waals surface area (Å²) >= 11 is 0. The fourth-order valence-corrected chi connectivity index (χ4v) is 3.30. The Morgan fingerprint density at radius 3 is 2.03 bits per heavy atom. The normalized spacial score (nSPS) is 17.3. The second kappa shape index (κ2) is 11.3. The van der Waals surface area contributed by atoms with Crippen LogP contribution in [0.1, 0.15) is 53.5 Å². The van der Waals surface area contributed by atoms with Gasteiger partial charge in [-0.2, -0.15) is 0 Å². The summed E-state index contributed by atoms with van der Waals surface area (Å²) in [5.41, 5.74) is -6.00. The maximum absolute atomic E-state index is 13.4. The van der Waals surface area contributed by atoms with Gasteiger partial charge in [0.25, 0.3) is 0 Å². The van der Waals surface area contributed by atoms with Crippen LogP contribution in [-0.4, -0.2) is 81.4 Å². The molecule has 0 heterocycles. The number of carbonyl (C=O) groups is 4. The van der Waals surface area contributed by atoms with Crippen molar-refractivity contribution in [2.24, 2.45) is 0 Å². The zero-order valence-electron chi connectivity index (χ0n) is 21.3. The zero-order chi connectivity index (χ0) is 26.5. The molecule has 9 heteroatoms. The lowest BCUT2D eigenvalue weighted by Crippen LogP contribution is -2.64. The quantitative estimate of drug-likeness (QED) is 0.298. The largest absolute Gasteiger partial charge is 0.457 e. The van der Waals surface area contributed by atoms with Gasteiger partial charge in [-0.1, -0.05) is 30.3 Å². The fourth-order valence-electron chi connectivity index (χ4n) is 3.30. The van der Waals surface area contributed by atoms with Gasteiger partial charge in [-0.25, -0.2) is 4.79 Å². The van der Waals surface area contributed by atoms with Crippen molar-refractivity contribution in [3.8, 4) is 0 Å². The molecule has 0 saturated heterocycles. The van der Waals surface area contributed by atoms with Crippen molar-refractivity contribution in [3.05, 3.63) is 35.9 Å². The molecule has 1 rings (SSSR count). The van der Waals surface area contributed by atoms with Crippen LogP contribution in [0.3, 0.4) is 0 Å². The van der Waals surface area contributed by atoms with Crippen molar-refractivity contribution in [2.45, 2.75) is 83.4 Å². The van der Waals surface area contributed by atoms with Crippen LogP contribution < -0.4 is 5.32 Å². The molecule has 3 N–H and O–H groups in total. The lowest BCUT2D eigenvalue weighted by atomic mass is 9.78. The van der Waals surface area contributed by atoms with Gasteiger partial charge in [0, 0.05) is 6.54 Å². The Morgan fingerprint density at radius 2 is 1.56 bits per heavy atom. The van der Waals surface area contributed by atoms with Crippen LogP contribution in [0.25, 0.3) is 0 Å². The highest BCUT2D eigenvalue weighted by atomic mass is 16.6. The molecule has 0 bridgehead atoms. The van der Waals surface area contributed by atoms with E-state index in [0.29, 0.717) is 6.54 Å². The topological polar surface area (TPSA) is 133 Å². The smallest absolute Gasteiger partial charge is 0.347 e. The minimum Gasteiger partial charge on any atom is -0.457 e. The molecular weight excluding hydrogens is 440 g/mol. The van der Waals surface area contributed by atoms with E-state index in [1.54, 1.807) is 11.9 Å². The number of aliphatic hydroxyl groups is 2. The third kappa shape index (κ3) is 7.27. The second-order valence-corrected chi connectivity index (χ2v) is 9.86. The van der Waals surface area contributed by atoms with Gasteiger partial charge in [-0.05, 0) is 61.2 Å². The van der Waals surface area contributed by atoms with E-state index in [1.165, 1.54) is 41.7 Å². The highest BCUT2D eigenvalue weighted by Crippen LogP contribution is 2.27. The Labute approximate surface area is 201 Å². The summed E-state index contributed by atoms with van der Waals surface area (Å²) in [5, 5.41) is 24.8. The summed E-state index contributed by atoms with van der Waals surface area (Å²) in [7, 11) is 3.15. The van der Waals surface area contributed by atoms with E-state index in [4.69, 9.17) is 4.74 Å². The summed E-state index contributed by atoms with van der Waals surface area (Å²) < 4.78 is 5.18. The third-order valence-electron chi connectivity index (χ3n) is 5.70. The first-order chi connectivity index (χ1) is 15.5. The van der Waals surface area contributed by atoms with Crippen molar-refractivity contribution in [1.82, 2.24) is 10.2 Å². The standard InChI is InChI=1S/C25H38N2O7/c1-16(26-7)19(28)14-25(33,22(31)34-23(3,4)5)21(30)24(6,32)20(29)17(2)27(8)15-18-12-10-9-11-13-18/h9-13,16-17,26,32-33H,14-15H2,1-8H3/t16-,17-,24?,25?/m0/s1. The van der Waals surface area contributed by atoms with E-state index in [-0.39, 0.29) is 0 Å². The van der Waals surface area contributed by atoms with Crippen molar-refractivity contribution in [1.29, 1.82) is 0 Å². The lowest BCUT2D eigenvalue weighted by molar-refractivity contribution is -0.188. The first-order valence-electron chi connectivity index (χ1n) is 11.2. The molecule has 0 aliphatic carbocycles. The molecule has 9 nitrogen and oxygen atoms in total. The maximum atomic E-state index is 13.4. The Hall–Kier alpha value is -2.46. The molecule has 0 radical (unpaired) electrons. The molecule has 190 valence electrons. The van der Waals surface area contributed by atoms with Crippen molar-refractivity contribution >= 4 is 23.3 Å². The van der Waals surface area contributed by atoms with Crippen molar-refractivity contribution in [2.75, 3.05) is 14.1 Å². The molecule has 1 aromatic carbocycles. The number of ether oxygens (including phenoxy) is 1. The SMILES string of the molecule is CN[C@@H](C)C(=O)CC(O)(C(=O)OC(C)(C)C)C(=O)C(C)(O)C(=O)[C@H](C)N(C)Cc1ccccc1. The third-order valence-corrected chi connectivity index (χ3v) is 5.70. The van der Waals surface area contributed by atoms with Gasteiger partial charge >= 0.3 is 5.97 Å². The number of ketones is 3. The average Bonchev–Trinajstić information content (AvgIpc) is 2.75. The Kier molecular flexibility index (Phi) is 9.84. The number of Topliss-reactive ketones (excluding diaryl/α,β-unsaturated/α-hetero) is 3. The van der Waals surface area contributed by atoms with Crippen LogP contribution in [0.5, 0.6) is 0 Å². The van der Waals surface area contributed by atoms with Crippen LogP contribution in [0.15, 0.2) is 30.3 Å².